The fourth-order valence-corrected chi connectivity index (χ4v) is 2.26. The number of nitrogen functional groups attached to an aromatic ring is 1. The number of nitrogens with zero attached hydrogens (tertiary/aromatic N) is 2. The van der Waals surface area contributed by atoms with Gasteiger partial charge in [-0.05, 0) is 18.9 Å². The normalized spacial score (nSPS) is 18.9. The summed E-state index contributed by atoms with van der Waals surface area (Å²) in [6.45, 7) is 0.647. The highest BCUT2D eigenvalue weighted by atomic mass is 16.6. The van der Waals surface area contributed by atoms with Crippen LogP contribution in [0.25, 0.3) is 0 Å². The first-order chi connectivity index (χ1) is 8.49. The van der Waals surface area contributed by atoms with E-state index < -0.39 is 16.9 Å². The molecule has 1 unspecified atom stereocenters. The Morgan fingerprint density at radius 1 is 1.44 bits per heavy atom. The number of carbonyl (C=O) groups is 1. The van der Waals surface area contributed by atoms with Crippen LogP contribution in [-0.4, -0.2) is 23.4 Å². The van der Waals surface area contributed by atoms with Crippen molar-refractivity contribution in [1.29, 1.82) is 0 Å². The molecule has 1 amide bonds. The highest BCUT2D eigenvalue weighted by Gasteiger charge is 2.30. The summed E-state index contributed by atoms with van der Waals surface area (Å²) < 4.78 is 0. The summed E-state index contributed by atoms with van der Waals surface area (Å²) in [5.74, 6) is -0.419. The number of carbonyl (C=O) groups excluding carboxylic acids is 1. The van der Waals surface area contributed by atoms with Crippen LogP contribution in [0, 0.1) is 10.1 Å². The molecule has 2 rings (SSSR count). The highest BCUT2D eigenvalue weighted by Crippen LogP contribution is 2.30. The number of nitro groups is 1. The minimum atomic E-state index is -0.505. The monoisotopic (exact) mass is 250 g/mol. The van der Waals surface area contributed by atoms with Crippen LogP contribution in [0.1, 0.15) is 12.8 Å². The lowest BCUT2D eigenvalue weighted by molar-refractivity contribution is -0.384. The maximum Gasteiger partial charge on any atom is 0.273 e. The van der Waals surface area contributed by atoms with E-state index in [1.54, 1.807) is 11.0 Å². The van der Waals surface area contributed by atoms with Gasteiger partial charge in [0.1, 0.15) is 6.04 Å². The standard InChI is InChI=1S/C11H14N4O3/c12-7-4-8(6-9(5-7)15(17)18)14-3-1-2-10(14)11(13)16/h4-6,10H,1-3,12H2,(H2,13,16). The Bertz CT molecular complexity index is 503. The molecule has 1 aromatic carbocycles. The first-order valence-corrected chi connectivity index (χ1v) is 5.60. The summed E-state index contributed by atoms with van der Waals surface area (Å²) in [6.07, 6.45) is 1.49. The summed E-state index contributed by atoms with van der Waals surface area (Å²) in [4.78, 5) is 23.3. The number of amides is 1. The molecule has 0 saturated carbocycles. The van der Waals surface area contributed by atoms with Crippen LogP contribution in [0.3, 0.4) is 0 Å². The molecule has 1 aliphatic rings. The lowest BCUT2D eigenvalue weighted by Crippen LogP contribution is -2.40. The summed E-state index contributed by atoms with van der Waals surface area (Å²) in [5, 5.41) is 10.8. The number of primary amides is 1. The quantitative estimate of drug-likeness (QED) is 0.463. The van der Waals surface area contributed by atoms with Gasteiger partial charge >= 0.3 is 0 Å². The van der Waals surface area contributed by atoms with Crippen molar-refractivity contribution in [2.45, 2.75) is 18.9 Å². The Kier molecular flexibility index (Phi) is 3.05. The highest BCUT2D eigenvalue weighted by molar-refractivity contribution is 5.84. The lowest BCUT2D eigenvalue weighted by Gasteiger charge is -2.24. The minimum Gasteiger partial charge on any atom is -0.398 e. The number of non-ortho nitro benzene ring substituents is 1. The molecule has 1 heterocycles. The predicted octanol–water partition coefficient (Wildman–Crippen LogP) is 0.631. The van der Waals surface area contributed by atoms with Gasteiger partial charge < -0.3 is 16.4 Å². The van der Waals surface area contributed by atoms with E-state index in [0.29, 0.717) is 24.3 Å². The van der Waals surface area contributed by atoms with Gasteiger partial charge in [0.15, 0.2) is 0 Å². The van der Waals surface area contributed by atoms with Crippen molar-refractivity contribution < 1.29 is 9.72 Å². The van der Waals surface area contributed by atoms with E-state index in [-0.39, 0.29) is 5.69 Å². The minimum absolute atomic E-state index is 0.0832. The number of nitrogens with two attached hydrogens (primary N) is 2. The average molecular weight is 250 g/mol. The molecule has 7 nitrogen and oxygen atoms in total. The van der Waals surface area contributed by atoms with Crippen molar-refractivity contribution in [3.63, 3.8) is 0 Å². The smallest absolute Gasteiger partial charge is 0.273 e. The van der Waals surface area contributed by atoms with E-state index >= 15 is 0 Å². The van der Waals surface area contributed by atoms with Crippen LogP contribution in [-0.2, 0) is 4.79 Å². The van der Waals surface area contributed by atoms with Gasteiger partial charge in [-0.3, -0.25) is 14.9 Å². The van der Waals surface area contributed by atoms with Crippen LogP contribution in [0.5, 0.6) is 0 Å². The van der Waals surface area contributed by atoms with Crippen LogP contribution in [0.4, 0.5) is 17.1 Å². The first kappa shape index (κ1) is 12.2. The molecule has 1 aromatic rings. The molecule has 1 atom stereocenters. The molecule has 1 saturated heterocycles. The second-order valence-electron chi connectivity index (χ2n) is 4.29. The number of hydrogen-bond donors (Lipinski definition) is 2. The zero-order valence-corrected chi connectivity index (χ0v) is 9.70. The molecular weight excluding hydrogens is 236 g/mol. The summed E-state index contributed by atoms with van der Waals surface area (Å²) in [7, 11) is 0. The molecular formula is C11H14N4O3. The molecule has 0 aliphatic carbocycles. The Balaban J connectivity index is 2.38. The fourth-order valence-electron chi connectivity index (χ4n) is 2.26. The van der Waals surface area contributed by atoms with E-state index in [0.717, 1.165) is 6.42 Å². The van der Waals surface area contributed by atoms with Crippen molar-refractivity contribution in [2.75, 3.05) is 17.2 Å². The lowest BCUT2D eigenvalue weighted by atomic mass is 10.2. The van der Waals surface area contributed by atoms with Crippen molar-refractivity contribution in [3.8, 4) is 0 Å². The predicted molar refractivity (Wildman–Crippen MR) is 67.1 cm³/mol. The number of benzene rings is 1. The van der Waals surface area contributed by atoms with Crippen molar-refractivity contribution in [1.82, 2.24) is 0 Å². The van der Waals surface area contributed by atoms with Crippen molar-refractivity contribution in [3.05, 3.63) is 28.3 Å². The van der Waals surface area contributed by atoms with Crippen LogP contribution < -0.4 is 16.4 Å². The van der Waals surface area contributed by atoms with E-state index in [1.165, 1.54) is 12.1 Å². The average Bonchev–Trinajstić information content (AvgIpc) is 2.76. The number of hydrogen-bond acceptors (Lipinski definition) is 5. The molecule has 1 aliphatic heterocycles. The van der Waals surface area contributed by atoms with E-state index in [2.05, 4.69) is 0 Å². The maximum atomic E-state index is 11.3. The van der Waals surface area contributed by atoms with Crippen LogP contribution >= 0.6 is 0 Å². The fraction of sp³-hybridized carbons (Fsp3) is 0.364. The Morgan fingerprint density at radius 2 is 2.17 bits per heavy atom. The Labute approximate surface area is 104 Å². The van der Waals surface area contributed by atoms with Gasteiger partial charge in [0.2, 0.25) is 5.91 Å². The zero-order valence-electron chi connectivity index (χ0n) is 9.70. The number of anilines is 2. The van der Waals surface area contributed by atoms with Gasteiger partial charge in [0.25, 0.3) is 5.69 Å². The molecule has 0 spiro atoms. The SMILES string of the molecule is NC(=O)C1CCCN1c1cc(N)cc([N+](=O)[O-])c1. The topological polar surface area (TPSA) is 115 Å². The van der Waals surface area contributed by atoms with Crippen LogP contribution in [0.2, 0.25) is 0 Å². The molecule has 7 heteroatoms. The number of nitro benzene ring substituents is 1. The van der Waals surface area contributed by atoms with E-state index in [1.807, 2.05) is 0 Å². The third-order valence-corrected chi connectivity index (χ3v) is 3.05. The molecule has 0 radical (unpaired) electrons. The van der Waals surface area contributed by atoms with E-state index in [4.69, 9.17) is 11.5 Å². The van der Waals surface area contributed by atoms with E-state index in [9.17, 15) is 14.9 Å². The second-order valence-corrected chi connectivity index (χ2v) is 4.29. The van der Waals surface area contributed by atoms with Gasteiger partial charge in [-0.15, -0.1) is 0 Å². The summed E-state index contributed by atoms with van der Waals surface area (Å²) in [5.41, 5.74) is 11.7. The maximum absolute atomic E-state index is 11.3. The zero-order chi connectivity index (χ0) is 13.3. The third kappa shape index (κ3) is 2.20. The van der Waals surface area contributed by atoms with Gasteiger partial charge in [-0.2, -0.15) is 0 Å². The molecule has 4 N–H and O–H groups in total. The Hall–Kier alpha value is -2.31. The van der Waals surface area contributed by atoms with Gasteiger partial charge in [0, 0.05) is 30.1 Å². The largest absolute Gasteiger partial charge is 0.398 e. The van der Waals surface area contributed by atoms with Crippen molar-refractivity contribution >= 4 is 23.0 Å². The van der Waals surface area contributed by atoms with Gasteiger partial charge in [0.05, 0.1) is 4.92 Å². The summed E-state index contributed by atoms with van der Waals surface area (Å²) >= 11 is 0. The van der Waals surface area contributed by atoms with Gasteiger partial charge in [-0.25, -0.2) is 0 Å². The molecule has 1 fully saturated rings. The molecule has 0 bridgehead atoms. The van der Waals surface area contributed by atoms with Crippen molar-refractivity contribution in [2.24, 2.45) is 5.73 Å². The van der Waals surface area contributed by atoms with Gasteiger partial charge in [-0.1, -0.05) is 0 Å². The molecule has 96 valence electrons. The summed E-state index contributed by atoms with van der Waals surface area (Å²) in [6, 6.07) is 3.91. The Morgan fingerprint density at radius 3 is 2.78 bits per heavy atom. The van der Waals surface area contributed by atoms with Crippen LogP contribution in [0.15, 0.2) is 18.2 Å². The molecule has 0 aromatic heterocycles. The number of rotatable bonds is 3. The second kappa shape index (κ2) is 4.52. The third-order valence-electron chi connectivity index (χ3n) is 3.05. The molecule has 18 heavy (non-hydrogen) atoms. The first-order valence-electron chi connectivity index (χ1n) is 5.60.